The lowest BCUT2D eigenvalue weighted by Gasteiger charge is -2.19. The van der Waals surface area contributed by atoms with Crippen molar-refractivity contribution in [2.75, 3.05) is 5.32 Å². The molecule has 5 nitrogen and oxygen atoms in total. The summed E-state index contributed by atoms with van der Waals surface area (Å²) >= 11 is 12.1. The van der Waals surface area contributed by atoms with Gasteiger partial charge in [-0.25, -0.2) is 0 Å². The number of halogens is 2. The second-order valence-electron chi connectivity index (χ2n) is 4.82. The summed E-state index contributed by atoms with van der Waals surface area (Å²) in [7, 11) is 0. The zero-order valence-corrected chi connectivity index (χ0v) is 13.0. The van der Waals surface area contributed by atoms with E-state index in [4.69, 9.17) is 34.1 Å². The van der Waals surface area contributed by atoms with Gasteiger partial charge >= 0.3 is 0 Å². The molecule has 0 aromatic heterocycles. The first-order valence-electron chi connectivity index (χ1n) is 6.01. The van der Waals surface area contributed by atoms with Crippen LogP contribution < -0.4 is 11.1 Å². The zero-order chi connectivity index (χ0) is 15.4. The predicted molar refractivity (Wildman–Crippen MR) is 81.6 cm³/mol. The fraction of sp³-hybridized carbons (Fsp3) is 0.385. The molecule has 0 aliphatic heterocycles. The minimum absolute atomic E-state index is 0.134. The molecule has 0 fully saturated rings. The van der Waals surface area contributed by atoms with Crippen molar-refractivity contribution in [2.24, 2.45) is 22.7 Å². The van der Waals surface area contributed by atoms with Gasteiger partial charge in [-0.2, -0.15) is 0 Å². The van der Waals surface area contributed by atoms with Crippen molar-refractivity contribution in [3.63, 3.8) is 0 Å². The van der Waals surface area contributed by atoms with Gasteiger partial charge in [-0.1, -0.05) is 42.2 Å². The zero-order valence-electron chi connectivity index (χ0n) is 11.4. The molecular formula is C13H17Cl2N3O2. The summed E-state index contributed by atoms with van der Waals surface area (Å²) < 4.78 is 0. The highest BCUT2D eigenvalue weighted by Crippen LogP contribution is 2.29. The van der Waals surface area contributed by atoms with Crippen molar-refractivity contribution >= 4 is 40.6 Å². The van der Waals surface area contributed by atoms with Gasteiger partial charge in [-0.05, 0) is 30.5 Å². The topological polar surface area (TPSA) is 87.7 Å². The molecule has 0 saturated heterocycles. The van der Waals surface area contributed by atoms with Crippen molar-refractivity contribution in [2.45, 2.75) is 20.8 Å². The first kappa shape index (κ1) is 16.6. The Labute approximate surface area is 127 Å². The van der Waals surface area contributed by atoms with Crippen LogP contribution in [-0.4, -0.2) is 17.0 Å². The van der Waals surface area contributed by atoms with Crippen molar-refractivity contribution < 1.29 is 10.0 Å². The van der Waals surface area contributed by atoms with Crippen LogP contribution in [0.2, 0.25) is 10.0 Å². The summed E-state index contributed by atoms with van der Waals surface area (Å²) in [6.07, 6.45) is 0. The maximum atomic E-state index is 12.2. The molecule has 20 heavy (non-hydrogen) atoms. The van der Waals surface area contributed by atoms with Crippen LogP contribution in [0.3, 0.4) is 0 Å². The summed E-state index contributed by atoms with van der Waals surface area (Å²) in [4.78, 5) is 12.2. The maximum absolute atomic E-state index is 12.2. The number of anilines is 1. The number of hydrogen-bond acceptors (Lipinski definition) is 3. The van der Waals surface area contributed by atoms with Crippen LogP contribution in [0, 0.1) is 18.8 Å². The Balaban J connectivity index is 3.03. The molecule has 1 rings (SSSR count). The van der Waals surface area contributed by atoms with Crippen molar-refractivity contribution in [1.29, 1.82) is 0 Å². The van der Waals surface area contributed by atoms with Crippen molar-refractivity contribution in [3.8, 4) is 0 Å². The lowest BCUT2D eigenvalue weighted by atomic mass is 9.93. The average molecular weight is 318 g/mol. The Kier molecular flexibility index (Phi) is 5.65. The second kappa shape index (κ2) is 6.81. The summed E-state index contributed by atoms with van der Waals surface area (Å²) in [5.74, 6) is -1.44. The van der Waals surface area contributed by atoms with Crippen LogP contribution in [0.5, 0.6) is 0 Å². The monoisotopic (exact) mass is 317 g/mol. The number of nitrogens with two attached hydrogens (primary N) is 1. The molecule has 1 aromatic carbocycles. The highest BCUT2D eigenvalue weighted by atomic mass is 35.5. The van der Waals surface area contributed by atoms with Crippen LogP contribution in [0.25, 0.3) is 0 Å². The van der Waals surface area contributed by atoms with Crippen LogP contribution in [0.4, 0.5) is 5.69 Å². The van der Waals surface area contributed by atoms with Gasteiger partial charge in [0.15, 0.2) is 5.84 Å². The second-order valence-corrected chi connectivity index (χ2v) is 5.63. The number of hydrogen-bond donors (Lipinski definition) is 3. The summed E-state index contributed by atoms with van der Waals surface area (Å²) in [6.45, 7) is 5.41. The Morgan fingerprint density at radius 1 is 1.35 bits per heavy atom. The lowest BCUT2D eigenvalue weighted by molar-refractivity contribution is -0.119. The van der Waals surface area contributed by atoms with Gasteiger partial charge in [0.05, 0.1) is 10.7 Å². The number of rotatable bonds is 4. The van der Waals surface area contributed by atoms with Gasteiger partial charge in [-0.3, -0.25) is 4.79 Å². The SMILES string of the molecule is Cc1cc(Cl)c(NC(=O)C(/C(N)=N/O)C(C)C)cc1Cl. The molecule has 0 spiro atoms. The molecule has 7 heteroatoms. The molecule has 1 aromatic rings. The first-order valence-corrected chi connectivity index (χ1v) is 6.77. The number of amidine groups is 1. The van der Waals surface area contributed by atoms with Gasteiger partial charge < -0.3 is 16.3 Å². The largest absolute Gasteiger partial charge is 0.409 e. The van der Waals surface area contributed by atoms with E-state index >= 15 is 0 Å². The summed E-state index contributed by atoms with van der Waals surface area (Å²) in [5.41, 5.74) is 6.75. The number of carbonyl (C=O) groups excluding carboxylic acids is 1. The molecule has 1 atom stereocenters. The van der Waals surface area contributed by atoms with E-state index in [9.17, 15) is 4.79 Å². The van der Waals surface area contributed by atoms with Gasteiger partial charge in [0, 0.05) is 5.02 Å². The van der Waals surface area contributed by atoms with Crippen molar-refractivity contribution in [3.05, 3.63) is 27.7 Å². The molecule has 0 bridgehead atoms. The molecular weight excluding hydrogens is 301 g/mol. The van der Waals surface area contributed by atoms with E-state index in [1.807, 2.05) is 6.92 Å². The highest BCUT2D eigenvalue weighted by molar-refractivity contribution is 6.36. The van der Waals surface area contributed by atoms with E-state index in [-0.39, 0.29) is 11.8 Å². The Bertz CT molecular complexity index is 545. The molecule has 0 saturated carbocycles. The number of aryl methyl sites for hydroxylation is 1. The van der Waals surface area contributed by atoms with E-state index in [1.165, 1.54) is 0 Å². The number of carbonyl (C=O) groups is 1. The van der Waals surface area contributed by atoms with E-state index in [0.717, 1.165) is 5.56 Å². The van der Waals surface area contributed by atoms with Gasteiger partial charge in [-0.15, -0.1) is 0 Å². The number of benzene rings is 1. The number of oxime groups is 1. The Hall–Kier alpha value is -1.46. The number of amides is 1. The normalized spacial score (nSPS) is 13.4. The minimum atomic E-state index is -0.754. The average Bonchev–Trinajstić information content (AvgIpc) is 2.35. The van der Waals surface area contributed by atoms with E-state index in [2.05, 4.69) is 10.5 Å². The summed E-state index contributed by atoms with van der Waals surface area (Å²) in [5, 5.41) is 15.2. The van der Waals surface area contributed by atoms with Crippen molar-refractivity contribution in [1.82, 2.24) is 0 Å². The number of nitrogens with zero attached hydrogens (tertiary/aromatic N) is 1. The third kappa shape index (κ3) is 3.77. The standard InChI is InChI=1S/C13H17Cl2N3O2/c1-6(2)11(12(16)18-20)13(19)17-10-5-8(14)7(3)4-9(10)15/h4-6,11,20H,1-3H3,(H2,16,18)(H,17,19). The Morgan fingerprint density at radius 2 is 1.95 bits per heavy atom. The van der Waals surface area contributed by atoms with Gasteiger partial charge in [0.25, 0.3) is 0 Å². The van der Waals surface area contributed by atoms with Crippen LogP contribution in [-0.2, 0) is 4.79 Å². The van der Waals surface area contributed by atoms with Crippen LogP contribution >= 0.6 is 23.2 Å². The summed E-state index contributed by atoms with van der Waals surface area (Å²) in [6, 6.07) is 3.23. The van der Waals surface area contributed by atoms with E-state index < -0.39 is 11.8 Å². The first-order chi connectivity index (χ1) is 9.27. The fourth-order valence-electron chi connectivity index (χ4n) is 1.79. The molecule has 0 heterocycles. The van der Waals surface area contributed by atoms with Gasteiger partial charge in [0.1, 0.15) is 5.92 Å². The molecule has 4 N–H and O–H groups in total. The highest BCUT2D eigenvalue weighted by Gasteiger charge is 2.27. The Morgan fingerprint density at radius 3 is 2.45 bits per heavy atom. The third-order valence-electron chi connectivity index (χ3n) is 2.89. The molecule has 0 aliphatic carbocycles. The smallest absolute Gasteiger partial charge is 0.235 e. The third-order valence-corrected chi connectivity index (χ3v) is 3.61. The minimum Gasteiger partial charge on any atom is -0.409 e. The lowest BCUT2D eigenvalue weighted by Crippen LogP contribution is -2.38. The molecule has 0 aliphatic rings. The van der Waals surface area contributed by atoms with E-state index in [1.54, 1.807) is 26.0 Å². The number of nitrogens with one attached hydrogen (secondary N) is 1. The van der Waals surface area contributed by atoms with Crippen LogP contribution in [0.15, 0.2) is 17.3 Å². The van der Waals surface area contributed by atoms with Gasteiger partial charge in [0.2, 0.25) is 5.91 Å². The molecule has 1 amide bonds. The fourth-order valence-corrected chi connectivity index (χ4v) is 2.22. The molecule has 1 unspecified atom stereocenters. The molecule has 110 valence electrons. The molecule has 0 radical (unpaired) electrons. The maximum Gasteiger partial charge on any atom is 0.235 e. The predicted octanol–water partition coefficient (Wildman–Crippen LogP) is 3.26. The van der Waals surface area contributed by atoms with E-state index in [0.29, 0.717) is 15.7 Å². The van der Waals surface area contributed by atoms with Crippen LogP contribution in [0.1, 0.15) is 19.4 Å². The quantitative estimate of drug-likeness (QED) is 0.345.